The number of amides is 1. The van der Waals surface area contributed by atoms with Crippen LogP contribution in [0.5, 0.6) is 0 Å². The molecule has 1 amide bonds. The fraction of sp³-hybridized carbons (Fsp3) is 0.409. The largest absolute Gasteiger partial charge is 0.461 e. The maximum Gasteiger partial charge on any atom is 0.355 e. The summed E-state index contributed by atoms with van der Waals surface area (Å²) in [6.07, 6.45) is 0.234. The second kappa shape index (κ2) is 9.49. The van der Waals surface area contributed by atoms with Gasteiger partial charge in [0.1, 0.15) is 11.5 Å². The summed E-state index contributed by atoms with van der Waals surface area (Å²) in [5.41, 5.74) is 2.40. The van der Waals surface area contributed by atoms with Crippen molar-refractivity contribution < 1.29 is 23.5 Å². The molecule has 0 aliphatic rings. The average Bonchev–Trinajstić information content (AvgIpc) is 3.00. The number of hydrogen-bond acceptors (Lipinski definition) is 4. The molecule has 7 heteroatoms. The van der Waals surface area contributed by atoms with Crippen LogP contribution in [-0.4, -0.2) is 40.2 Å². The molecular formula is C22H27FN2O4. The Kier molecular flexibility index (Phi) is 7.31. The molecule has 1 heterocycles. The predicted octanol–water partition coefficient (Wildman–Crippen LogP) is 3.96. The van der Waals surface area contributed by atoms with Crippen LogP contribution in [0, 0.1) is 19.7 Å². The number of rotatable bonds is 8. The Hall–Kier alpha value is -2.96. The van der Waals surface area contributed by atoms with E-state index < -0.39 is 12.0 Å². The quantitative estimate of drug-likeness (QED) is 0.535. The van der Waals surface area contributed by atoms with Crippen LogP contribution in [0.1, 0.15) is 64.9 Å². The number of aryl methyl sites for hydroxylation is 1. The first-order chi connectivity index (χ1) is 13.7. The van der Waals surface area contributed by atoms with Gasteiger partial charge >= 0.3 is 5.97 Å². The second-order valence-corrected chi connectivity index (χ2v) is 6.89. The molecule has 1 atom stereocenters. The van der Waals surface area contributed by atoms with E-state index in [0.717, 1.165) is 5.56 Å². The van der Waals surface area contributed by atoms with E-state index in [2.05, 4.69) is 4.98 Å². The molecule has 1 unspecified atom stereocenters. The number of ketones is 1. The van der Waals surface area contributed by atoms with Gasteiger partial charge in [-0.15, -0.1) is 0 Å². The molecule has 2 rings (SSSR count). The summed E-state index contributed by atoms with van der Waals surface area (Å²) in [5.74, 6) is -1.34. The topological polar surface area (TPSA) is 79.5 Å². The van der Waals surface area contributed by atoms with Gasteiger partial charge in [0.25, 0.3) is 0 Å². The molecular weight excluding hydrogens is 375 g/mol. The van der Waals surface area contributed by atoms with E-state index >= 15 is 0 Å². The van der Waals surface area contributed by atoms with Crippen LogP contribution in [0.4, 0.5) is 4.39 Å². The molecule has 0 radical (unpaired) electrons. The van der Waals surface area contributed by atoms with Crippen LogP contribution in [0.25, 0.3) is 0 Å². The number of Topliss-reactive ketones (excluding diaryl/α,β-unsaturated/α-hetero) is 1. The lowest BCUT2D eigenvalue weighted by Gasteiger charge is -2.28. The normalized spacial score (nSPS) is 11.8. The Morgan fingerprint density at radius 2 is 1.76 bits per heavy atom. The molecule has 1 aromatic carbocycles. The minimum Gasteiger partial charge on any atom is -0.461 e. The third-order valence-electron chi connectivity index (χ3n) is 4.90. The monoisotopic (exact) mass is 402 g/mol. The van der Waals surface area contributed by atoms with Crippen molar-refractivity contribution in [1.29, 1.82) is 0 Å². The first-order valence-corrected chi connectivity index (χ1v) is 9.65. The number of carbonyl (C=O) groups is 3. The van der Waals surface area contributed by atoms with Gasteiger partial charge < -0.3 is 14.6 Å². The van der Waals surface area contributed by atoms with Crippen LogP contribution in [-0.2, 0) is 16.1 Å². The molecule has 29 heavy (non-hydrogen) atoms. The van der Waals surface area contributed by atoms with E-state index in [1.165, 1.54) is 17.0 Å². The van der Waals surface area contributed by atoms with Crippen molar-refractivity contribution in [2.75, 3.05) is 6.61 Å². The van der Waals surface area contributed by atoms with Crippen molar-refractivity contribution in [2.45, 2.75) is 53.6 Å². The van der Waals surface area contributed by atoms with Crippen LogP contribution < -0.4 is 0 Å². The molecule has 0 fully saturated rings. The highest BCUT2D eigenvalue weighted by Gasteiger charge is 2.30. The third-order valence-corrected chi connectivity index (χ3v) is 4.90. The lowest BCUT2D eigenvalue weighted by Crippen LogP contribution is -2.42. The van der Waals surface area contributed by atoms with E-state index in [4.69, 9.17) is 4.74 Å². The van der Waals surface area contributed by atoms with Crippen LogP contribution in [0.15, 0.2) is 24.3 Å². The smallest absolute Gasteiger partial charge is 0.355 e. The number of esters is 1. The summed E-state index contributed by atoms with van der Waals surface area (Å²) in [6, 6.07) is 5.07. The van der Waals surface area contributed by atoms with Crippen LogP contribution >= 0.6 is 0 Å². The standard InChI is InChI=1S/C22H27FN2O4/c1-6-18(26)25(12-16-8-10-17(23)11-9-16)15(5)21(27)19-13(3)20(24-14(19)4)22(28)29-7-2/h8-11,15,24H,6-7,12H2,1-5H3. The molecule has 0 spiro atoms. The van der Waals surface area contributed by atoms with Gasteiger partial charge in [0.2, 0.25) is 5.91 Å². The second-order valence-electron chi connectivity index (χ2n) is 6.89. The van der Waals surface area contributed by atoms with Gasteiger partial charge in [-0.2, -0.15) is 0 Å². The Morgan fingerprint density at radius 3 is 2.31 bits per heavy atom. The summed E-state index contributed by atoms with van der Waals surface area (Å²) < 4.78 is 18.2. The van der Waals surface area contributed by atoms with Crippen molar-refractivity contribution >= 4 is 17.7 Å². The Labute approximate surface area is 170 Å². The van der Waals surface area contributed by atoms with Gasteiger partial charge in [0, 0.05) is 24.2 Å². The summed E-state index contributed by atoms with van der Waals surface area (Å²) in [7, 11) is 0. The van der Waals surface area contributed by atoms with Gasteiger partial charge in [-0.25, -0.2) is 9.18 Å². The van der Waals surface area contributed by atoms with E-state index in [1.807, 2.05) is 0 Å². The number of aromatic nitrogens is 1. The van der Waals surface area contributed by atoms with Gasteiger partial charge in [0.05, 0.1) is 12.6 Å². The Morgan fingerprint density at radius 1 is 1.14 bits per heavy atom. The van der Waals surface area contributed by atoms with E-state index in [1.54, 1.807) is 46.8 Å². The maximum absolute atomic E-state index is 13.3. The highest BCUT2D eigenvalue weighted by Crippen LogP contribution is 2.23. The SMILES string of the molecule is CCOC(=O)c1[nH]c(C)c(C(=O)C(C)N(Cc2ccc(F)cc2)C(=O)CC)c1C. The minimum atomic E-state index is -0.754. The molecule has 0 aliphatic carbocycles. The number of nitrogens with one attached hydrogen (secondary N) is 1. The molecule has 0 saturated carbocycles. The molecule has 0 aliphatic heterocycles. The van der Waals surface area contributed by atoms with Crippen molar-refractivity contribution in [2.24, 2.45) is 0 Å². The molecule has 0 saturated heterocycles. The molecule has 1 aromatic heterocycles. The fourth-order valence-corrected chi connectivity index (χ4v) is 3.31. The highest BCUT2D eigenvalue weighted by molar-refractivity contribution is 6.06. The lowest BCUT2D eigenvalue weighted by atomic mass is 9.99. The maximum atomic E-state index is 13.3. The lowest BCUT2D eigenvalue weighted by molar-refractivity contribution is -0.132. The van der Waals surface area contributed by atoms with Crippen molar-refractivity contribution in [1.82, 2.24) is 9.88 Å². The highest BCUT2D eigenvalue weighted by atomic mass is 19.1. The van der Waals surface area contributed by atoms with Crippen molar-refractivity contribution in [3.63, 3.8) is 0 Å². The number of H-pyrrole nitrogens is 1. The molecule has 156 valence electrons. The zero-order valence-electron chi connectivity index (χ0n) is 17.5. The zero-order chi connectivity index (χ0) is 21.7. The minimum absolute atomic E-state index is 0.188. The van der Waals surface area contributed by atoms with Gasteiger partial charge in [-0.1, -0.05) is 19.1 Å². The van der Waals surface area contributed by atoms with Gasteiger partial charge in [0.15, 0.2) is 5.78 Å². The Bertz CT molecular complexity index is 902. The third kappa shape index (κ3) is 4.91. The van der Waals surface area contributed by atoms with Gasteiger partial charge in [-0.05, 0) is 51.0 Å². The molecule has 1 N–H and O–H groups in total. The Balaban J connectivity index is 2.35. The summed E-state index contributed by atoms with van der Waals surface area (Å²) in [5, 5.41) is 0. The van der Waals surface area contributed by atoms with Gasteiger partial charge in [-0.3, -0.25) is 9.59 Å². The number of halogens is 1. The van der Waals surface area contributed by atoms with E-state index in [0.29, 0.717) is 16.8 Å². The zero-order valence-corrected chi connectivity index (χ0v) is 17.5. The molecule has 2 aromatic rings. The number of carbonyl (C=O) groups excluding carboxylic acids is 3. The summed E-state index contributed by atoms with van der Waals surface area (Å²) >= 11 is 0. The fourth-order valence-electron chi connectivity index (χ4n) is 3.31. The first-order valence-electron chi connectivity index (χ1n) is 9.65. The van der Waals surface area contributed by atoms with Crippen LogP contribution in [0.3, 0.4) is 0 Å². The van der Waals surface area contributed by atoms with Crippen LogP contribution in [0.2, 0.25) is 0 Å². The predicted molar refractivity (Wildman–Crippen MR) is 107 cm³/mol. The molecule has 6 nitrogen and oxygen atoms in total. The van der Waals surface area contributed by atoms with Crippen molar-refractivity contribution in [3.8, 4) is 0 Å². The number of nitrogens with zero attached hydrogens (tertiary/aromatic N) is 1. The number of hydrogen-bond donors (Lipinski definition) is 1. The van der Waals surface area contributed by atoms with E-state index in [-0.39, 0.29) is 42.8 Å². The van der Waals surface area contributed by atoms with E-state index in [9.17, 15) is 18.8 Å². The first kappa shape index (κ1) is 22.3. The number of benzene rings is 1. The number of aromatic amines is 1. The molecule has 0 bridgehead atoms. The average molecular weight is 402 g/mol. The number of ether oxygens (including phenoxy) is 1. The van der Waals surface area contributed by atoms with Crippen molar-refractivity contribution in [3.05, 3.63) is 58.2 Å². The summed E-state index contributed by atoms with van der Waals surface area (Å²) in [4.78, 5) is 42.3. The summed E-state index contributed by atoms with van der Waals surface area (Å²) in [6.45, 7) is 8.90.